The van der Waals surface area contributed by atoms with E-state index in [-0.39, 0.29) is 18.2 Å². The first kappa shape index (κ1) is 18.1. The number of anilines is 1. The predicted octanol–water partition coefficient (Wildman–Crippen LogP) is 3.81. The molecule has 0 bridgehead atoms. The van der Waals surface area contributed by atoms with E-state index in [1.54, 1.807) is 24.3 Å². The fourth-order valence-electron chi connectivity index (χ4n) is 2.55. The number of amides is 2. The zero-order chi connectivity index (χ0) is 18.5. The van der Waals surface area contributed by atoms with Crippen molar-refractivity contribution in [3.05, 3.63) is 60.4 Å². The van der Waals surface area contributed by atoms with Gasteiger partial charge in [0.2, 0.25) is 11.8 Å². The Morgan fingerprint density at radius 1 is 1.27 bits per heavy atom. The lowest BCUT2D eigenvalue weighted by Crippen LogP contribution is -2.45. The molecule has 1 atom stereocenters. The smallest absolute Gasteiger partial charge is 0.238 e. The number of hydrogen-bond donors (Lipinski definition) is 1. The van der Waals surface area contributed by atoms with Gasteiger partial charge in [0, 0.05) is 18.7 Å². The van der Waals surface area contributed by atoms with Crippen molar-refractivity contribution in [2.45, 2.75) is 18.6 Å². The largest absolute Gasteiger partial charge is 0.325 e. The molecule has 2 amide bonds. The molecule has 1 aliphatic rings. The van der Waals surface area contributed by atoms with Crippen LogP contribution in [0.15, 0.2) is 59.6 Å². The molecule has 1 aliphatic heterocycles. The quantitative estimate of drug-likeness (QED) is 0.889. The van der Waals surface area contributed by atoms with E-state index in [2.05, 4.69) is 10.3 Å². The first-order chi connectivity index (χ1) is 12.6. The number of nitrogens with one attached hydrogen (secondary N) is 1. The maximum Gasteiger partial charge on any atom is 0.238 e. The molecule has 26 heavy (non-hydrogen) atoms. The van der Waals surface area contributed by atoms with Crippen LogP contribution in [-0.2, 0) is 9.59 Å². The van der Waals surface area contributed by atoms with E-state index in [1.165, 1.54) is 28.8 Å². The van der Waals surface area contributed by atoms with Crippen LogP contribution in [0, 0.1) is 5.82 Å². The van der Waals surface area contributed by atoms with E-state index >= 15 is 0 Å². The molecule has 2 aromatic rings. The highest BCUT2D eigenvalue weighted by molar-refractivity contribution is 8.15. The first-order valence-electron chi connectivity index (χ1n) is 8.24. The zero-order valence-electron chi connectivity index (χ0n) is 14.2. The Labute approximate surface area is 155 Å². The van der Waals surface area contributed by atoms with Crippen molar-refractivity contribution in [3.8, 4) is 0 Å². The van der Waals surface area contributed by atoms with E-state index in [1.807, 2.05) is 25.1 Å². The maximum atomic E-state index is 13.4. The van der Waals surface area contributed by atoms with Gasteiger partial charge in [0.15, 0.2) is 5.17 Å². The van der Waals surface area contributed by atoms with Gasteiger partial charge in [-0.3, -0.25) is 14.5 Å². The fraction of sp³-hybridized carbons (Fsp3) is 0.211. The van der Waals surface area contributed by atoms with Crippen molar-refractivity contribution in [2.24, 2.45) is 4.99 Å². The third-order valence-corrected chi connectivity index (χ3v) is 5.01. The number of carbonyl (C=O) groups is 2. The zero-order valence-corrected chi connectivity index (χ0v) is 15.0. The number of nitrogens with zero attached hydrogens (tertiary/aromatic N) is 2. The molecule has 1 heterocycles. The number of para-hydroxylation sites is 1. The van der Waals surface area contributed by atoms with Gasteiger partial charge in [0.25, 0.3) is 0 Å². The Morgan fingerprint density at radius 3 is 2.73 bits per heavy atom. The van der Waals surface area contributed by atoms with E-state index in [0.717, 1.165) is 0 Å². The predicted molar refractivity (Wildman–Crippen MR) is 102 cm³/mol. The summed E-state index contributed by atoms with van der Waals surface area (Å²) in [5, 5.41) is 2.63. The minimum atomic E-state index is -0.585. The number of benzene rings is 2. The number of aliphatic imine (C=N–C) groups is 1. The summed E-state index contributed by atoms with van der Waals surface area (Å²) in [5.41, 5.74) is 1.08. The molecule has 1 fully saturated rings. The second kappa shape index (κ2) is 8.14. The van der Waals surface area contributed by atoms with Crippen molar-refractivity contribution in [1.82, 2.24) is 4.90 Å². The molecule has 134 valence electrons. The van der Waals surface area contributed by atoms with Gasteiger partial charge < -0.3 is 5.32 Å². The molecule has 5 nitrogen and oxygen atoms in total. The highest BCUT2D eigenvalue weighted by atomic mass is 32.2. The van der Waals surface area contributed by atoms with Gasteiger partial charge in [-0.15, -0.1) is 0 Å². The number of halogens is 1. The van der Waals surface area contributed by atoms with Crippen molar-refractivity contribution in [1.29, 1.82) is 0 Å². The van der Waals surface area contributed by atoms with Crippen LogP contribution in [0.1, 0.15) is 13.3 Å². The minimum absolute atomic E-state index is 0.0966. The van der Waals surface area contributed by atoms with Gasteiger partial charge in [-0.05, 0) is 37.3 Å². The fourth-order valence-corrected chi connectivity index (χ4v) is 3.72. The van der Waals surface area contributed by atoms with Crippen LogP contribution in [0.4, 0.5) is 15.8 Å². The van der Waals surface area contributed by atoms with E-state index in [9.17, 15) is 14.0 Å². The van der Waals surface area contributed by atoms with Gasteiger partial charge in [-0.25, -0.2) is 9.38 Å². The molecular formula is C19H18FN3O2S. The van der Waals surface area contributed by atoms with Gasteiger partial charge in [0.1, 0.15) is 11.1 Å². The summed E-state index contributed by atoms with van der Waals surface area (Å²) in [6.45, 7) is 2.27. The number of amidine groups is 1. The van der Waals surface area contributed by atoms with Gasteiger partial charge in [-0.1, -0.05) is 36.0 Å². The molecule has 3 rings (SSSR count). The summed E-state index contributed by atoms with van der Waals surface area (Å²) < 4.78 is 13.4. The van der Waals surface area contributed by atoms with Crippen molar-refractivity contribution in [2.75, 3.05) is 11.9 Å². The Kier molecular flexibility index (Phi) is 5.68. The molecule has 0 saturated carbocycles. The molecule has 0 spiro atoms. The Morgan fingerprint density at radius 2 is 2.04 bits per heavy atom. The monoisotopic (exact) mass is 371 g/mol. The van der Waals surface area contributed by atoms with Crippen LogP contribution in [0.3, 0.4) is 0 Å². The standard InChI is InChI=1S/C19H18FN3O2S/c1-2-23-17(24)12-16(18(25)21-14-8-4-3-5-9-14)26-19(23)22-15-10-6-7-13(20)11-15/h3-11,16H,2,12H2,1H3,(H,21,25)/t16-/m1/s1. The minimum Gasteiger partial charge on any atom is -0.325 e. The summed E-state index contributed by atoms with van der Waals surface area (Å²) in [6, 6.07) is 14.9. The number of thioether (sulfide) groups is 1. The van der Waals surface area contributed by atoms with Crippen molar-refractivity contribution >= 4 is 40.1 Å². The van der Waals surface area contributed by atoms with Crippen molar-refractivity contribution < 1.29 is 14.0 Å². The third-order valence-electron chi connectivity index (χ3n) is 3.82. The van der Waals surface area contributed by atoms with E-state index in [4.69, 9.17) is 0 Å². The van der Waals surface area contributed by atoms with Gasteiger partial charge in [0.05, 0.1) is 5.69 Å². The Balaban J connectivity index is 1.81. The Hall–Kier alpha value is -2.67. The van der Waals surface area contributed by atoms with E-state index < -0.39 is 11.1 Å². The lowest BCUT2D eigenvalue weighted by molar-refractivity contribution is -0.129. The second-order valence-electron chi connectivity index (χ2n) is 5.68. The average molecular weight is 371 g/mol. The topological polar surface area (TPSA) is 61.8 Å². The highest BCUT2D eigenvalue weighted by Crippen LogP contribution is 2.29. The molecule has 2 aromatic carbocycles. The van der Waals surface area contributed by atoms with Gasteiger partial charge in [-0.2, -0.15) is 0 Å². The second-order valence-corrected chi connectivity index (χ2v) is 6.85. The molecule has 7 heteroatoms. The number of carbonyl (C=O) groups excluding carboxylic acids is 2. The molecule has 0 aliphatic carbocycles. The van der Waals surface area contributed by atoms with Crippen molar-refractivity contribution in [3.63, 3.8) is 0 Å². The molecule has 0 radical (unpaired) electrons. The number of rotatable bonds is 4. The molecular weight excluding hydrogens is 353 g/mol. The summed E-state index contributed by atoms with van der Waals surface area (Å²) in [5.74, 6) is -0.827. The molecule has 0 unspecified atom stereocenters. The van der Waals surface area contributed by atoms with Crippen LogP contribution in [0.2, 0.25) is 0 Å². The lowest BCUT2D eigenvalue weighted by Gasteiger charge is -2.30. The Bertz CT molecular complexity index is 842. The molecule has 0 aromatic heterocycles. The van der Waals surface area contributed by atoms with Crippen LogP contribution in [-0.4, -0.2) is 33.7 Å². The summed E-state index contributed by atoms with van der Waals surface area (Å²) in [6.07, 6.45) is 0.0966. The summed E-state index contributed by atoms with van der Waals surface area (Å²) in [4.78, 5) is 30.9. The van der Waals surface area contributed by atoms with Crippen LogP contribution in [0.25, 0.3) is 0 Å². The van der Waals surface area contributed by atoms with Crippen LogP contribution in [0.5, 0.6) is 0 Å². The summed E-state index contributed by atoms with van der Waals surface area (Å²) in [7, 11) is 0. The van der Waals surface area contributed by atoms with E-state index in [0.29, 0.717) is 23.1 Å². The number of hydrogen-bond acceptors (Lipinski definition) is 4. The molecule has 1 N–H and O–H groups in total. The highest BCUT2D eigenvalue weighted by Gasteiger charge is 2.35. The maximum absolute atomic E-state index is 13.4. The lowest BCUT2D eigenvalue weighted by atomic mass is 10.2. The van der Waals surface area contributed by atoms with Crippen LogP contribution < -0.4 is 5.32 Å². The van der Waals surface area contributed by atoms with Gasteiger partial charge >= 0.3 is 0 Å². The third kappa shape index (κ3) is 4.29. The normalized spacial score (nSPS) is 18.8. The molecule has 1 saturated heterocycles. The first-order valence-corrected chi connectivity index (χ1v) is 9.12. The van der Waals surface area contributed by atoms with Crippen LogP contribution >= 0.6 is 11.8 Å². The average Bonchev–Trinajstić information content (AvgIpc) is 2.62. The SMILES string of the molecule is CCN1C(=O)C[C@H](C(=O)Nc2ccccc2)SC1=Nc1cccc(F)c1. The summed E-state index contributed by atoms with van der Waals surface area (Å²) >= 11 is 1.22.